The summed E-state index contributed by atoms with van der Waals surface area (Å²) in [7, 11) is 2.01. The van der Waals surface area contributed by atoms with Gasteiger partial charge in [-0.05, 0) is 66.1 Å². The van der Waals surface area contributed by atoms with Crippen molar-refractivity contribution in [2.24, 2.45) is 7.05 Å². The molecule has 5 heteroatoms. The van der Waals surface area contributed by atoms with Crippen molar-refractivity contribution in [3.8, 4) is 0 Å². The lowest BCUT2D eigenvalue weighted by molar-refractivity contribution is 0.157. The van der Waals surface area contributed by atoms with Crippen molar-refractivity contribution in [1.29, 1.82) is 0 Å². The van der Waals surface area contributed by atoms with Crippen LogP contribution in [0.1, 0.15) is 55.6 Å². The summed E-state index contributed by atoms with van der Waals surface area (Å²) in [5, 5.41) is 17.4. The number of rotatable bonds is 8. The fourth-order valence-electron chi connectivity index (χ4n) is 3.67. The third-order valence-electron chi connectivity index (χ3n) is 5.03. The molecule has 0 saturated carbocycles. The van der Waals surface area contributed by atoms with Crippen LogP contribution in [-0.2, 0) is 7.05 Å². The van der Waals surface area contributed by atoms with Gasteiger partial charge in [-0.3, -0.25) is 9.58 Å². The Bertz CT molecular complexity index is 471. The van der Waals surface area contributed by atoms with E-state index in [-0.39, 0.29) is 0 Å². The van der Waals surface area contributed by atoms with Crippen molar-refractivity contribution >= 4 is 0 Å². The monoisotopic (exact) mass is 308 g/mol. The fraction of sp³-hybridized carbons (Fsp3) is 0.824. The minimum absolute atomic E-state index is 0.314. The van der Waals surface area contributed by atoms with Gasteiger partial charge in [0.1, 0.15) is 0 Å². The second-order valence-electron chi connectivity index (χ2n) is 6.61. The molecular formula is C17H32N4O. The minimum atomic E-state index is 0.314. The highest BCUT2D eigenvalue weighted by atomic mass is 16.3. The Morgan fingerprint density at radius 1 is 1.36 bits per heavy atom. The van der Waals surface area contributed by atoms with E-state index in [0.717, 1.165) is 31.7 Å². The molecular weight excluding hydrogens is 276 g/mol. The average molecular weight is 308 g/mol. The van der Waals surface area contributed by atoms with E-state index in [1.807, 2.05) is 11.7 Å². The van der Waals surface area contributed by atoms with Crippen LogP contribution in [0.5, 0.6) is 0 Å². The first-order chi connectivity index (χ1) is 10.5. The Labute approximate surface area is 134 Å². The van der Waals surface area contributed by atoms with E-state index in [1.54, 1.807) is 0 Å². The van der Waals surface area contributed by atoms with Crippen LogP contribution in [0.2, 0.25) is 0 Å². The molecule has 1 aliphatic rings. The highest BCUT2D eigenvalue weighted by Crippen LogP contribution is 2.21. The molecule has 22 heavy (non-hydrogen) atoms. The molecule has 0 aliphatic carbocycles. The molecule has 1 aromatic rings. The zero-order chi connectivity index (χ0) is 16.1. The Balaban J connectivity index is 1.68. The van der Waals surface area contributed by atoms with Crippen LogP contribution >= 0.6 is 0 Å². The maximum absolute atomic E-state index is 9.33. The highest BCUT2D eigenvalue weighted by Gasteiger charge is 2.22. The minimum Gasteiger partial charge on any atom is -0.395 e. The second kappa shape index (κ2) is 8.09. The van der Waals surface area contributed by atoms with Crippen molar-refractivity contribution in [2.45, 2.75) is 58.5 Å². The van der Waals surface area contributed by atoms with Gasteiger partial charge in [0, 0.05) is 30.4 Å². The number of aliphatic hydroxyl groups excluding tert-OH is 1. The third-order valence-corrected chi connectivity index (χ3v) is 5.03. The van der Waals surface area contributed by atoms with Crippen LogP contribution in [0, 0.1) is 13.8 Å². The van der Waals surface area contributed by atoms with Gasteiger partial charge in [-0.25, -0.2) is 0 Å². The number of likely N-dealkylation sites (tertiary alicyclic amines) is 1. The zero-order valence-corrected chi connectivity index (χ0v) is 14.6. The van der Waals surface area contributed by atoms with Crippen LogP contribution in [0.3, 0.4) is 0 Å². The number of aliphatic hydroxyl groups is 1. The molecule has 0 amide bonds. The molecule has 1 aliphatic heterocycles. The maximum Gasteiger partial charge on any atom is 0.0644 e. The standard InChI is InChI=1S/C17H32N4O/c1-13(17-14(2)19-20(4)15(17)3)18-9-5-6-10-21-11-7-8-16(21)12-22/h13,16,18,22H,5-12H2,1-4H3. The summed E-state index contributed by atoms with van der Waals surface area (Å²) < 4.78 is 1.96. The number of hydrogen-bond donors (Lipinski definition) is 2. The molecule has 0 spiro atoms. The van der Waals surface area contributed by atoms with E-state index in [1.165, 1.54) is 30.5 Å². The predicted molar refractivity (Wildman–Crippen MR) is 90.0 cm³/mol. The molecule has 2 unspecified atom stereocenters. The van der Waals surface area contributed by atoms with E-state index in [9.17, 15) is 5.11 Å². The van der Waals surface area contributed by atoms with Gasteiger partial charge in [-0.15, -0.1) is 0 Å². The Morgan fingerprint density at radius 2 is 2.14 bits per heavy atom. The smallest absolute Gasteiger partial charge is 0.0644 e. The van der Waals surface area contributed by atoms with E-state index in [0.29, 0.717) is 18.7 Å². The van der Waals surface area contributed by atoms with E-state index < -0.39 is 0 Å². The highest BCUT2D eigenvalue weighted by molar-refractivity contribution is 5.27. The van der Waals surface area contributed by atoms with Crippen molar-refractivity contribution < 1.29 is 5.11 Å². The van der Waals surface area contributed by atoms with Gasteiger partial charge >= 0.3 is 0 Å². The summed E-state index contributed by atoms with van der Waals surface area (Å²) in [5.41, 5.74) is 3.71. The van der Waals surface area contributed by atoms with Gasteiger partial charge < -0.3 is 10.4 Å². The Morgan fingerprint density at radius 3 is 2.77 bits per heavy atom. The zero-order valence-electron chi connectivity index (χ0n) is 14.6. The van der Waals surface area contributed by atoms with Gasteiger partial charge in [0.15, 0.2) is 0 Å². The third kappa shape index (κ3) is 4.09. The molecule has 5 nitrogen and oxygen atoms in total. The van der Waals surface area contributed by atoms with Crippen molar-refractivity contribution in [3.63, 3.8) is 0 Å². The lowest BCUT2D eigenvalue weighted by atomic mass is 10.1. The lowest BCUT2D eigenvalue weighted by Gasteiger charge is -2.22. The van der Waals surface area contributed by atoms with Gasteiger partial charge in [0.05, 0.1) is 12.3 Å². The van der Waals surface area contributed by atoms with Gasteiger partial charge in [0.2, 0.25) is 0 Å². The van der Waals surface area contributed by atoms with Gasteiger partial charge in [-0.1, -0.05) is 0 Å². The molecule has 2 N–H and O–H groups in total. The summed E-state index contributed by atoms with van der Waals surface area (Å²) in [6, 6.07) is 0.762. The number of aryl methyl sites for hydroxylation is 2. The quantitative estimate of drug-likeness (QED) is 0.721. The molecule has 0 radical (unpaired) electrons. The predicted octanol–water partition coefficient (Wildman–Crippen LogP) is 1.92. The summed E-state index contributed by atoms with van der Waals surface area (Å²) in [6.07, 6.45) is 4.77. The fourth-order valence-corrected chi connectivity index (χ4v) is 3.67. The van der Waals surface area contributed by atoms with Gasteiger partial charge in [-0.2, -0.15) is 5.10 Å². The number of hydrogen-bond acceptors (Lipinski definition) is 4. The first kappa shape index (κ1) is 17.4. The van der Waals surface area contributed by atoms with Crippen molar-refractivity contribution in [1.82, 2.24) is 20.0 Å². The Kier molecular flexibility index (Phi) is 6.41. The van der Waals surface area contributed by atoms with Crippen LogP contribution in [0.4, 0.5) is 0 Å². The summed E-state index contributed by atoms with van der Waals surface area (Å²) in [6.45, 7) is 10.1. The van der Waals surface area contributed by atoms with Crippen LogP contribution in [0.15, 0.2) is 0 Å². The normalized spacial score (nSPS) is 20.7. The molecule has 2 rings (SSSR count). The van der Waals surface area contributed by atoms with Gasteiger partial charge in [0.25, 0.3) is 0 Å². The molecule has 2 heterocycles. The topological polar surface area (TPSA) is 53.3 Å². The van der Waals surface area contributed by atoms with E-state index in [2.05, 4.69) is 36.1 Å². The Hall–Kier alpha value is -0.910. The SMILES string of the molecule is Cc1nn(C)c(C)c1C(C)NCCCCN1CCCC1CO. The number of aromatic nitrogens is 2. The number of unbranched alkanes of at least 4 members (excludes halogenated alkanes) is 1. The molecule has 126 valence electrons. The first-order valence-electron chi connectivity index (χ1n) is 8.63. The van der Waals surface area contributed by atoms with E-state index >= 15 is 0 Å². The summed E-state index contributed by atoms with van der Waals surface area (Å²) in [4.78, 5) is 2.44. The molecule has 1 fully saturated rings. The van der Waals surface area contributed by atoms with Crippen molar-refractivity contribution in [2.75, 3.05) is 26.2 Å². The van der Waals surface area contributed by atoms with Crippen LogP contribution < -0.4 is 5.32 Å². The van der Waals surface area contributed by atoms with Crippen LogP contribution in [0.25, 0.3) is 0 Å². The molecule has 2 atom stereocenters. The second-order valence-corrected chi connectivity index (χ2v) is 6.61. The largest absolute Gasteiger partial charge is 0.395 e. The van der Waals surface area contributed by atoms with Crippen LogP contribution in [-0.4, -0.2) is 52.1 Å². The molecule has 0 bridgehead atoms. The molecule has 1 saturated heterocycles. The average Bonchev–Trinajstić information content (AvgIpc) is 3.03. The maximum atomic E-state index is 9.33. The van der Waals surface area contributed by atoms with E-state index in [4.69, 9.17) is 0 Å². The molecule has 1 aromatic heterocycles. The summed E-state index contributed by atoms with van der Waals surface area (Å²) >= 11 is 0. The first-order valence-corrected chi connectivity index (χ1v) is 8.63. The molecule has 0 aromatic carbocycles. The van der Waals surface area contributed by atoms with Crippen molar-refractivity contribution in [3.05, 3.63) is 17.0 Å². The number of nitrogens with zero attached hydrogens (tertiary/aromatic N) is 3. The number of nitrogens with one attached hydrogen (secondary N) is 1. The summed E-state index contributed by atoms with van der Waals surface area (Å²) in [5.74, 6) is 0. The lowest BCUT2D eigenvalue weighted by Crippen LogP contribution is -2.33.